The molecule has 2 heterocycles. The second-order valence-electron chi connectivity index (χ2n) is 9.87. The first-order valence-electron chi connectivity index (χ1n) is 13.6. The molecule has 220 valence electrons. The molecule has 1 fully saturated rings. The summed E-state index contributed by atoms with van der Waals surface area (Å²) in [5, 5.41) is 3.66. The molecule has 0 amide bonds. The van der Waals surface area contributed by atoms with E-state index in [-0.39, 0.29) is 16.5 Å². The highest BCUT2D eigenvalue weighted by Crippen LogP contribution is 2.37. The van der Waals surface area contributed by atoms with Crippen LogP contribution in [0.3, 0.4) is 0 Å². The molecule has 2 aromatic carbocycles. The maximum Gasteiger partial charge on any atom is 0.263 e. The lowest BCUT2D eigenvalue weighted by molar-refractivity contribution is 0.0322. The lowest BCUT2D eigenvalue weighted by atomic mass is 9.99. The van der Waals surface area contributed by atoms with Crippen LogP contribution < -0.4 is 14.2 Å². The average Bonchev–Trinajstić information content (AvgIpc) is 3.68. The monoisotopic (exact) mass is 591 g/mol. The maximum atomic E-state index is 13.1. The number of aryl methyl sites for hydroxylation is 1. The van der Waals surface area contributed by atoms with E-state index in [0.29, 0.717) is 42.6 Å². The van der Waals surface area contributed by atoms with Crippen LogP contribution in [0.2, 0.25) is 0 Å². The van der Waals surface area contributed by atoms with Crippen molar-refractivity contribution in [3.63, 3.8) is 0 Å². The molecule has 1 aliphatic heterocycles. The van der Waals surface area contributed by atoms with Crippen LogP contribution in [0.4, 0.5) is 5.82 Å². The Kier molecular flexibility index (Phi) is 9.21. The second-order valence-corrected chi connectivity index (χ2v) is 11.5. The van der Waals surface area contributed by atoms with Crippen LogP contribution in [0.1, 0.15) is 33.7 Å². The zero-order valence-electron chi connectivity index (χ0n) is 23.5. The molecule has 5 rings (SSSR count). The normalized spacial score (nSPS) is 15.6. The number of aromatic nitrogens is 1. The number of morpholine rings is 1. The molecule has 1 aromatic heterocycles. The number of ketones is 1. The summed E-state index contributed by atoms with van der Waals surface area (Å²) in [5.41, 5.74) is 3.12. The van der Waals surface area contributed by atoms with Crippen LogP contribution in [-0.2, 0) is 14.8 Å². The molecule has 0 spiro atoms. The fraction of sp³-hybridized carbons (Fsp3) is 0.290. The molecule has 42 heavy (non-hydrogen) atoms. The van der Waals surface area contributed by atoms with Gasteiger partial charge < -0.3 is 18.7 Å². The van der Waals surface area contributed by atoms with E-state index in [9.17, 15) is 13.2 Å². The lowest BCUT2D eigenvalue weighted by Gasteiger charge is -2.26. The zero-order chi connectivity index (χ0) is 29.5. The number of benzene rings is 2. The van der Waals surface area contributed by atoms with Gasteiger partial charge >= 0.3 is 0 Å². The van der Waals surface area contributed by atoms with Gasteiger partial charge in [0.25, 0.3) is 10.0 Å². The van der Waals surface area contributed by atoms with Crippen LogP contribution in [0.5, 0.6) is 11.5 Å². The van der Waals surface area contributed by atoms with E-state index < -0.39 is 10.0 Å². The number of carbonyl (C=O) groups excluding carboxylic acids is 1. The molecule has 0 radical (unpaired) electrons. The maximum absolute atomic E-state index is 13.1. The minimum atomic E-state index is -3.89. The van der Waals surface area contributed by atoms with Crippen molar-refractivity contribution >= 4 is 33.3 Å². The summed E-state index contributed by atoms with van der Waals surface area (Å²) in [7, 11) is -2.26. The molecule has 0 atom stereocenters. The first-order chi connectivity index (χ1) is 20.3. The fourth-order valence-corrected chi connectivity index (χ4v) is 5.66. The third kappa shape index (κ3) is 7.17. The van der Waals surface area contributed by atoms with Gasteiger partial charge in [-0.3, -0.25) is 14.4 Å². The summed E-state index contributed by atoms with van der Waals surface area (Å²) >= 11 is 0. The molecule has 1 N–H and O–H groups in total. The number of sulfonamides is 1. The molecule has 11 heteroatoms. The Labute approximate surface area is 245 Å². The van der Waals surface area contributed by atoms with Crippen molar-refractivity contribution in [3.8, 4) is 11.5 Å². The van der Waals surface area contributed by atoms with E-state index in [4.69, 9.17) is 18.7 Å². The molecule has 0 saturated carbocycles. The number of ether oxygens (including phenoxy) is 3. The Balaban J connectivity index is 1.34. The van der Waals surface area contributed by atoms with Crippen molar-refractivity contribution in [1.29, 1.82) is 0 Å². The van der Waals surface area contributed by atoms with E-state index in [1.165, 1.54) is 36.4 Å². The minimum absolute atomic E-state index is 0.00196. The van der Waals surface area contributed by atoms with Gasteiger partial charge in [-0.15, -0.1) is 0 Å². The second kappa shape index (κ2) is 13.2. The largest absolute Gasteiger partial charge is 0.496 e. The van der Waals surface area contributed by atoms with Crippen LogP contribution in [0.25, 0.3) is 11.6 Å². The predicted octanol–water partition coefficient (Wildman–Crippen LogP) is 4.74. The van der Waals surface area contributed by atoms with Crippen LogP contribution in [-0.4, -0.2) is 70.8 Å². The number of carbonyl (C=O) groups is 1. The van der Waals surface area contributed by atoms with Crippen LogP contribution in [0.15, 0.2) is 76.2 Å². The number of nitrogens with zero attached hydrogens (tertiary/aromatic N) is 2. The molecule has 0 bridgehead atoms. The van der Waals surface area contributed by atoms with Crippen molar-refractivity contribution in [2.24, 2.45) is 0 Å². The molecule has 0 unspecified atom stereocenters. The van der Waals surface area contributed by atoms with Gasteiger partial charge in [0.2, 0.25) is 0 Å². The van der Waals surface area contributed by atoms with E-state index in [0.717, 1.165) is 42.8 Å². The smallest absolute Gasteiger partial charge is 0.263 e. The van der Waals surface area contributed by atoms with Crippen molar-refractivity contribution in [3.05, 3.63) is 89.2 Å². The highest BCUT2D eigenvalue weighted by molar-refractivity contribution is 7.92. The fourth-order valence-electron chi connectivity index (χ4n) is 4.68. The summed E-state index contributed by atoms with van der Waals surface area (Å²) in [6.45, 7) is 6.05. The quantitative estimate of drug-likeness (QED) is 0.235. The minimum Gasteiger partial charge on any atom is -0.496 e. The number of hydrogen-bond donors (Lipinski definition) is 1. The van der Waals surface area contributed by atoms with E-state index in [2.05, 4.69) is 20.9 Å². The van der Waals surface area contributed by atoms with Crippen LogP contribution >= 0.6 is 0 Å². The molecule has 10 nitrogen and oxygen atoms in total. The molecular formula is C31H33N3O7S. The Morgan fingerprint density at radius 3 is 2.57 bits per heavy atom. The van der Waals surface area contributed by atoms with Gasteiger partial charge in [-0.2, -0.15) is 0 Å². The lowest BCUT2D eigenvalue weighted by Crippen LogP contribution is -2.38. The third-order valence-corrected chi connectivity index (χ3v) is 8.32. The van der Waals surface area contributed by atoms with Gasteiger partial charge in [-0.05, 0) is 61.4 Å². The van der Waals surface area contributed by atoms with Crippen molar-refractivity contribution in [2.45, 2.75) is 18.2 Å². The topological polar surface area (TPSA) is 120 Å². The van der Waals surface area contributed by atoms with Gasteiger partial charge in [-0.1, -0.05) is 23.4 Å². The van der Waals surface area contributed by atoms with Crippen molar-refractivity contribution in [1.82, 2.24) is 10.1 Å². The van der Waals surface area contributed by atoms with Gasteiger partial charge in [-0.25, -0.2) is 8.42 Å². The number of anilines is 1. The highest BCUT2D eigenvalue weighted by atomic mass is 32.2. The zero-order valence-corrected chi connectivity index (χ0v) is 24.4. The van der Waals surface area contributed by atoms with E-state index in [1.54, 1.807) is 20.1 Å². The standard InChI is InChI=1S/C31H33N3O7S/c1-22-19-31(32-41-22)33-42(36,37)26-10-7-24(8-11-26)28(35)12-9-25-20-27(23-5-3-4-6-23)30(38-2)21-29(25)40-18-15-34-13-16-39-17-14-34/h3-5,7-12,19-21H,6,13-18H2,1-2H3,(H,32,33)/b12-9+. The Morgan fingerprint density at radius 2 is 1.90 bits per heavy atom. The Morgan fingerprint density at radius 1 is 1.12 bits per heavy atom. The SMILES string of the molecule is COc1cc(OCCN2CCOCC2)c(/C=C/C(=O)c2ccc(S(=O)(=O)Nc3cc(C)on3)cc2)cc1C1=CC=CC1. The number of hydrogen-bond acceptors (Lipinski definition) is 9. The number of allylic oxidation sites excluding steroid dienone is 5. The highest BCUT2D eigenvalue weighted by Gasteiger charge is 2.18. The van der Waals surface area contributed by atoms with Crippen molar-refractivity contribution < 1.29 is 31.9 Å². The summed E-state index contributed by atoms with van der Waals surface area (Å²) in [5.74, 6) is 1.58. The summed E-state index contributed by atoms with van der Waals surface area (Å²) < 4.78 is 50.0. The number of methoxy groups -OCH3 is 1. The number of nitrogens with one attached hydrogen (secondary N) is 1. The van der Waals surface area contributed by atoms with Gasteiger partial charge in [0.1, 0.15) is 23.9 Å². The Bertz CT molecular complexity index is 1620. The van der Waals surface area contributed by atoms with E-state index >= 15 is 0 Å². The number of rotatable bonds is 12. The van der Waals surface area contributed by atoms with Crippen LogP contribution in [0, 0.1) is 6.92 Å². The molecule has 2 aliphatic rings. The summed E-state index contributed by atoms with van der Waals surface area (Å²) in [6.07, 6.45) is 10.1. The average molecular weight is 592 g/mol. The van der Waals surface area contributed by atoms with Gasteiger partial charge in [0.15, 0.2) is 11.6 Å². The summed E-state index contributed by atoms with van der Waals surface area (Å²) in [6, 6.07) is 11.0. The molecule has 1 aliphatic carbocycles. The third-order valence-electron chi connectivity index (χ3n) is 6.95. The predicted molar refractivity (Wildman–Crippen MR) is 159 cm³/mol. The first kappa shape index (κ1) is 29.3. The van der Waals surface area contributed by atoms with Gasteiger partial charge in [0, 0.05) is 48.5 Å². The van der Waals surface area contributed by atoms with E-state index in [1.807, 2.05) is 24.3 Å². The molecule has 1 saturated heterocycles. The first-order valence-corrected chi connectivity index (χ1v) is 15.1. The molecule has 3 aromatic rings. The van der Waals surface area contributed by atoms with Crippen molar-refractivity contribution in [2.75, 3.05) is 51.3 Å². The molecular weight excluding hydrogens is 558 g/mol. The Hall–Kier alpha value is -4.19. The van der Waals surface area contributed by atoms with Gasteiger partial charge in [0.05, 0.1) is 25.2 Å². The summed E-state index contributed by atoms with van der Waals surface area (Å²) in [4.78, 5) is 15.4.